The van der Waals surface area contributed by atoms with Crippen LogP contribution in [0.5, 0.6) is 11.5 Å². The number of hydrogen-bond donors (Lipinski definition) is 1. The fourth-order valence-corrected chi connectivity index (χ4v) is 2.72. The van der Waals surface area contributed by atoms with Gasteiger partial charge in [-0.15, -0.1) is 0 Å². The summed E-state index contributed by atoms with van der Waals surface area (Å²) in [5.74, 6) is -0.270. The van der Waals surface area contributed by atoms with E-state index in [2.05, 4.69) is 12.2 Å². The molecule has 30 heavy (non-hydrogen) atoms. The zero-order valence-corrected chi connectivity index (χ0v) is 18.6. The van der Waals surface area contributed by atoms with Gasteiger partial charge >= 0.3 is 11.9 Å². The molecular weight excluding hydrogens is 386 g/mol. The van der Waals surface area contributed by atoms with E-state index in [-0.39, 0.29) is 18.8 Å². The van der Waals surface area contributed by atoms with Crippen molar-refractivity contribution < 1.29 is 28.5 Å². The first-order valence-electron chi connectivity index (χ1n) is 10.7. The maximum atomic E-state index is 12.0. The smallest absolute Gasteiger partial charge is 0.347 e. The molecule has 0 aliphatic rings. The topological polar surface area (TPSA) is 83.1 Å². The third-order valence-corrected chi connectivity index (χ3v) is 4.29. The summed E-state index contributed by atoms with van der Waals surface area (Å²) in [6.45, 7) is 6.50. The molecule has 1 aromatic carbocycles. The number of rotatable bonds is 15. The number of methoxy groups -OCH3 is 1. The van der Waals surface area contributed by atoms with E-state index in [1.165, 1.54) is 31.9 Å². The molecule has 0 aromatic heterocycles. The molecule has 0 unspecified atom stereocenters. The molecule has 0 radical (unpaired) electrons. The highest BCUT2D eigenvalue weighted by Crippen LogP contribution is 2.30. The molecule has 0 aliphatic heterocycles. The van der Waals surface area contributed by atoms with Crippen LogP contribution in [0.25, 0.3) is 0 Å². The van der Waals surface area contributed by atoms with Gasteiger partial charge in [-0.3, -0.25) is 0 Å². The van der Waals surface area contributed by atoms with Crippen molar-refractivity contribution in [3.8, 4) is 11.5 Å². The zero-order valence-electron chi connectivity index (χ0n) is 18.6. The first-order chi connectivity index (χ1) is 14.6. The number of carbonyl (C=O) groups excluding carboxylic acids is 2. The number of unbranched alkanes of at least 4 members (excludes halogenated alkanes) is 5. The van der Waals surface area contributed by atoms with Crippen LogP contribution in [-0.4, -0.2) is 38.9 Å². The van der Waals surface area contributed by atoms with Crippen molar-refractivity contribution >= 4 is 17.6 Å². The van der Waals surface area contributed by atoms with E-state index >= 15 is 0 Å². The van der Waals surface area contributed by atoms with E-state index < -0.39 is 11.9 Å². The Morgan fingerprint density at radius 1 is 0.900 bits per heavy atom. The Morgan fingerprint density at radius 3 is 2.13 bits per heavy atom. The van der Waals surface area contributed by atoms with E-state index in [1.807, 2.05) is 0 Å². The molecule has 7 heteroatoms. The number of carbonyl (C=O) groups is 2. The van der Waals surface area contributed by atoms with E-state index in [0.717, 1.165) is 12.8 Å². The largest absolute Gasteiger partial charge is 0.493 e. The number of ether oxygens (including phenoxy) is 4. The molecule has 1 aromatic rings. The molecular formula is C23H35NO6. The van der Waals surface area contributed by atoms with Crippen molar-refractivity contribution in [2.75, 3.05) is 32.2 Å². The highest BCUT2D eigenvalue weighted by Gasteiger charge is 2.21. The Morgan fingerprint density at radius 2 is 1.53 bits per heavy atom. The summed E-state index contributed by atoms with van der Waals surface area (Å²) < 4.78 is 21.1. The predicted octanol–water partition coefficient (Wildman–Crippen LogP) is 4.86. The molecule has 0 amide bonds. The zero-order chi connectivity index (χ0) is 22.2. The summed E-state index contributed by atoms with van der Waals surface area (Å²) >= 11 is 0. The lowest BCUT2D eigenvalue weighted by Crippen LogP contribution is -2.19. The SMILES string of the molecule is CCCCCCCCOc1ccc(NC=C(C(=O)OCC)C(=O)OCC)cc1OC. The van der Waals surface area contributed by atoms with Gasteiger partial charge in [0.05, 0.1) is 26.9 Å². The maximum absolute atomic E-state index is 12.0. The van der Waals surface area contributed by atoms with E-state index in [1.54, 1.807) is 39.2 Å². The molecule has 0 atom stereocenters. The number of anilines is 1. The van der Waals surface area contributed by atoms with E-state index in [0.29, 0.717) is 23.8 Å². The second kappa shape index (κ2) is 15.2. The van der Waals surface area contributed by atoms with E-state index in [9.17, 15) is 9.59 Å². The summed E-state index contributed by atoms with van der Waals surface area (Å²) in [6.07, 6.45) is 8.45. The Hall–Kier alpha value is -2.70. The quantitative estimate of drug-likeness (QED) is 0.142. The van der Waals surface area contributed by atoms with Crippen LogP contribution in [0, 0.1) is 0 Å². The summed E-state index contributed by atoms with van der Waals surface area (Å²) in [7, 11) is 1.56. The summed E-state index contributed by atoms with van der Waals surface area (Å²) in [5, 5.41) is 2.92. The highest BCUT2D eigenvalue weighted by molar-refractivity contribution is 6.14. The molecule has 0 saturated carbocycles. The van der Waals surface area contributed by atoms with Gasteiger partial charge in [0.2, 0.25) is 0 Å². The molecule has 1 N–H and O–H groups in total. The van der Waals surface area contributed by atoms with Crippen LogP contribution in [0.4, 0.5) is 5.69 Å². The standard InChI is InChI=1S/C23H35NO6/c1-5-8-9-10-11-12-15-30-20-14-13-18(16-21(20)27-4)24-17-19(22(25)28-6-2)23(26)29-7-3/h13-14,16-17,24H,5-12,15H2,1-4H3. The molecule has 0 fully saturated rings. The minimum Gasteiger partial charge on any atom is -0.493 e. The first kappa shape index (κ1) is 25.3. The monoisotopic (exact) mass is 421 g/mol. The van der Waals surface area contributed by atoms with Crippen molar-refractivity contribution in [2.24, 2.45) is 0 Å². The molecule has 0 saturated heterocycles. The minimum atomic E-state index is -0.741. The fourth-order valence-electron chi connectivity index (χ4n) is 2.72. The minimum absolute atomic E-state index is 0.161. The number of hydrogen-bond acceptors (Lipinski definition) is 7. The Bertz CT molecular complexity index is 666. The normalized spacial score (nSPS) is 10.1. The number of nitrogens with one attached hydrogen (secondary N) is 1. The first-order valence-corrected chi connectivity index (χ1v) is 10.7. The third-order valence-electron chi connectivity index (χ3n) is 4.29. The van der Waals surface area contributed by atoms with Gasteiger partial charge in [0.1, 0.15) is 0 Å². The van der Waals surface area contributed by atoms with Gasteiger partial charge in [-0.1, -0.05) is 39.0 Å². The predicted molar refractivity (Wildman–Crippen MR) is 117 cm³/mol. The van der Waals surface area contributed by atoms with Crippen molar-refractivity contribution in [3.63, 3.8) is 0 Å². The summed E-state index contributed by atoms with van der Waals surface area (Å²) in [6, 6.07) is 5.31. The molecule has 0 bridgehead atoms. The van der Waals surface area contributed by atoms with Gasteiger partial charge in [-0.05, 0) is 32.4 Å². The van der Waals surface area contributed by atoms with Gasteiger partial charge in [-0.25, -0.2) is 9.59 Å². The Kier molecular flexibility index (Phi) is 12.8. The Balaban J connectivity index is 2.72. The van der Waals surface area contributed by atoms with Gasteiger partial charge in [-0.2, -0.15) is 0 Å². The molecule has 0 aliphatic carbocycles. The Labute approximate surface area is 179 Å². The molecule has 168 valence electrons. The molecule has 1 rings (SSSR count). The molecule has 7 nitrogen and oxygen atoms in total. The average molecular weight is 422 g/mol. The van der Waals surface area contributed by atoms with Crippen LogP contribution < -0.4 is 14.8 Å². The van der Waals surface area contributed by atoms with Gasteiger partial charge in [0.15, 0.2) is 17.1 Å². The van der Waals surface area contributed by atoms with Crippen LogP contribution in [-0.2, 0) is 19.1 Å². The maximum Gasteiger partial charge on any atom is 0.347 e. The van der Waals surface area contributed by atoms with Crippen LogP contribution in [0.1, 0.15) is 59.3 Å². The summed E-state index contributed by atoms with van der Waals surface area (Å²) in [5.41, 5.74) is 0.422. The summed E-state index contributed by atoms with van der Waals surface area (Å²) in [4.78, 5) is 24.0. The van der Waals surface area contributed by atoms with Crippen molar-refractivity contribution in [1.29, 1.82) is 0 Å². The number of esters is 2. The van der Waals surface area contributed by atoms with E-state index in [4.69, 9.17) is 18.9 Å². The van der Waals surface area contributed by atoms with Crippen LogP contribution in [0.2, 0.25) is 0 Å². The van der Waals surface area contributed by atoms with Gasteiger partial charge in [0, 0.05) is 18.0 Å². The van der Waals surface area contributed by atoms with Crippen molar-refractivity contribution in [2.45, 2.75) is 59.3 Å². The third kappa shape index (κ3) is 9.20. The number of benzene rings is 1. The van der Waals surface area contributed by atoms with Crippen LogP contribution in [0.15, 0.2) is 30.0 Å². The van der Waals surface area contributed by atoms with Crippen LogP contribution >= 0.6 is 0 Å². The second-order valence-electron chi connectivity index (χ2n) is 6.63. The van der Waals surface area contributed by atoms with Gasteiger partial charge < -0.3 is 24.3 Å². The molecule has 0 heterocycles. The fraction of sp³-hybridized carbons (Fsp3) is 0.565. The highest BCUT2D eigenvalue weighted by atomic mass is 16.6. The van der Waals surface area contributed by atoms with Crippen LogP contribution in [0.3, 0.4) is 0 Å². The lowest BCUT2D eigenvalue weighted by molar-refractivity contribution is -0.146. The lowest BCUT2D eigenvalue weighted by atomic mass is 10.1. The average Bonchev–Trinajstić information content (AvgIpc) is 2.74. The second-order valence-corrected chi connectivity index (χ2v) is 6.63. The van der Waals surface area contributed by atoms with Crippen molar-refractivity contribution in [1.82, 2.24) is 0 Å². The van der Waals surface area contributed by atoms with Crippen molar-refractivity contribution in [3.05, 3.63) is 30.0 Å². The molecule has 0 spiro atoms. The lowest BCUT2D eigenvalue weighted by Gasteiger charge is -2.13. The van der Waals surface area contributed by atoms with Gasteiger partial charge in [0.25, 0.3) is 0 Å².